The van der Waals surface area contributed by atoms with Crippen molar-refractivity contribution in [3.05, 3.63) is 33.3 Å². The van der Waals surface area contributed by atoms with Crippen molar-refractivity contribution in [3.8, 4) is 0 Å². The molecule has 0 radical (unpaired) electrons. The molecule has 16 heavy (non-hydrogen) atoms. The lowest BCUT2D eigenvalue weighted by Crippen LogP contribution is -2.13. The summed E-state index contributed by atoms with van der Waals surface area (Å²) in [6, 6.07) is 3.64. The van der Waals surface area contributed by atoms with Gasteiger partial charge in [0.15, 0.2) is 0 Å². The minimum absolute atomic E-state index is 0.348. The van der Waals surface area contributed by atoms with E-state index in [1.807, 2.05) is 32.0 Å². The fourth-order valence-corrected chi connectivity index (χ4v) is 1.98. The quantitative estimate of drug-likeness (QED) is 0.825. The molecule has 2 aromatic rings. The zero-order valence-electron chi connectivity index (χ0n) is 9.34. The molecule has 0 aliphatic rings. The maximum absolute atomic E-state index is 11.2. The predicted octanol–water partition coefficient (Wildman–Crippen LogP) is 1.95. The topological polar surface area (TPSA) is 49.0 Å². The minimum atomic E-state index is -0.348. The molecule has 5 heteroatoms. The largest absolute Gasteiger partial charge is 0.376 e. The average Bonchev–Trinajstić information content (AvgIpc) is 2.15. The first-order chi connectivity index (χ1) is 7.49. The molecule has 4 nitrogen and oxygen atoms in total. The second-order valence-corrected chi connectivity index (χ2v) is 4.29. The van der Waals surface area contributed by atoms with Gasteiger partial charge >= 0.3 is 5.69 Å². The van der Waals surface area contributed by atoms with E-state index in [-0.39, 0.29) is 5.69 Å². The summed E-state index contributed by atoms with van der Waals surface area (Å²) >= 11 is 6.11. The van der Waals surface area contributed by atoms with Gasteiger partial charge in [-0.2, -0.15) is 4.98 Å². The number of H-pyrrole nitrogens is 1. The summed E-state index contributed by atoms with van der Waals surface area (Å²) in [5.74, 6) is 0. The fraction of sp³-hybridized carbons (Fsp3) is 0.273. The SMILES string of the molecule is Cc1[nH]c(=O)nc2cc(Cl)c(N(C)C)cc12. The molecule has 0 bridgehead atoms. The molecule has 1 N–H and O–H groups in total. The van der Waals surface area contributed by atoms with Crippen molar-refractivity contribution >= 4 is 28.2 Å². The second-order valence-electron chi connectivity index (χ2n) is 3.88. The van der Waals surface area contributed by atoms with E-state index in [9.17, 15) is 4.79 Å². The Hall–Kier alpha value is -1.55. The Bertz CT molecular complexity index is 604. The second kappa shape index (κ2) is 3.79. The van der Waals surface area contributed by atoms with Crippen molar-refractivity contribution in [3.63, 3.8) is 0 Å². The third kappa shape index (κ3) is 1.76. The van der Waals surface area contributed by atoms with Crippen LogP contribution in [0.4, 0.5) is 5.69 Å². The highest BCUT2D eigenvalue weighted by Crippen LogP contribution is 2.29. The van der Waals surface area contributed by atoms with Gasteiger partial charge in [0.05, 0.1) is 16.2 Å². The number of nitrogens with zero attached hydrogens (tertiary/aromatic N) is 2. The number of aryl methyl sites for hydroxylation is 1. The molecule has 0 fully saturated rings. The van der Waals surface area contributed by atoms with Crippen LogP contribution in [0.3, 0.4) is 0 Å². The maximum atomic E-state index is 11.2. The Morgan fingerprint density at radius 1 is 1.38 bits per heavy atom. The number of aromatic nitrogens is 2. The number of hydrogen-bond acceptors (Lipinski definition) is 3. The van der Waals surface area contributed by atoms with Crippen molar-refractivity contribution in [2.75, 3.05) is 19.0 Å². The molecular formula is C11H12ClN3O. The van der Waals surface area contributed by atoms with Gasteiger partial charge in [-0.25, -0.2) is 4.79 Å². The number of aromatic amines is 1. The Labute approximate surface area is 97.9 Å². The Kier molecular flexibility index (Phi) is 2.59. The van der Waals surface area contributed by atoms with Crippen molar-refractivity contribution < 1.29 is 0 Å². The van der Waals surface area contributed by atoms with Crippen LogP contribution in [-0.2, 0) is 0 Å². The Balaban J connectivity index is 2.84. The summed E-state index contributed by atoms with van der Waals surface area (Å²) in [7, 11) is 3.84. The van der Waals surface area contributed by atoms with Crippen LogP contribution in [0.25, 0.3) is 10.9 Å². The molecule has 0 atom stereocenters. The number of benzene rings is 1. The third-order valence-corrected chi connectivity index (χ3v) is 2.77. The molecule has 0 aliphatic carbocycles. The van der Waals surface area contributed by atoms with Crippen molar-refractivity contribution in [2.24, 2.45) is 0 Å². The van der Waals surface area contributed by atoms with Crippen molar-refractivity contribution in [1.82, 2.24) is 9.97 Å². The van der Waals surface area contributed by atoms with Crippen LogP contribution >= 0.6 is 11.6 Å². The monoisotopic (exact) mass is 237 g/mol. The van der Waals surface area contributed by atoms with Crippen LogP contribution in [0.1, 0.15) is 5.69 Å². The van der Waals surface area contributed by atoms with E-state index in [1.54, 1.807) is 6.07 Å². The maximum Gasteiger partial charge on any atom is 0.345 e. The van der Waals surface area contributed by atoms with E-state index >= 15 is 0 Å². The number of rotatable bonds is 1. The minimum Gasteiger partial charge on any atom is -0.376 e. The van der Waals surface area contributed by atoms with Crippen LogP contribution in [-0.4, -0.2) is 24.1 Å². The molecule has 0 saturated heterocycles. The lowest BCUT2D eigenvalue weighted by molar-refractivity contribution is 1.07. The lowest BCUT2D eigenvalue weighted by atomic mass is 10.1. The van der Waals surface area contributed by atoms with Crippen LogP contribution in [0.2, 0.25) is 5.02 Å². The highest BCUT2D eigenvalue weighted by Gasteiger charge is 2.08. The lowest BCUT2D eigenvalue weighted by Gasteiger charge is -2.15. The molecule has 0 aliphatic heterocycles. The van der Waals surface area contributed by atoms with Crippen LogP contribution in [0.5, 0.6) is 0 Å². The van der Waals surface area contributed by atoms with Crippen LogP contribution in [0.15, 0.2) is 16.9 Å². The first kappa shape index (κ1) is 11.0. The third-order valence-electron chi connectivity index (χ3n) is 2.47. The Morgan fingerprint density at radius 2 is 2.06 bits per heavy atom. The summed E-state index contributed by atoms with van der Waals surface area (Å²) in [4.78, 5) is 19.7. The zero-order valence-corrected chi connectivity index (χ0v) is 10.1. The molecule has 84 valence electrons. The molecule has 0 unspecified atom stereocenters. The summed E-state index contributed by atoms with van der Waals surface area (Å²) in [5, 5.41) is 1.50. The summed E-state index contributed by atoms with van der Waals surface area (Å²) in [6.45, 7) is 1.85. The summed E-state index contributed by atoms with van der Waals surface area (Å²) in [6.07, 6.45) is 0. The van der Waals surface area contributed by atoms with Gasteiger partial charge in [-0.3, -0.25) is 0 Å². The highest BCUT2D eigenvalue weighted by atomic mass is 35.5. The predicted molar refractivity (Wildman–Crippen MR) is 66.4 cm³/mol. The molecular weight excluding hydrogens is 226 g/mol. The fourth-order valence-electron chi connectivity index (χ4n) is 1.65. The van der Waals surface area contributed by atoms with Crippen molar-refractivity contribution in [1.29, 1.82) is 0 Å². The Morgan fingerprint density at radius 3 is 2.69 bits per heavy atom. The first-order valence-corrected chi connectivity index (χ1v) is 5.24. The normalized spacial score (nSPS) is 10.8. The highest BCUT2D eigenvalue weighted by molar-refractivity contribution is 6.34. The number of anilines is 1. The number of halogens is 1. The molecule has 1 aromatic heterocycles. The smallest absolute Gasteiger partial charge is 0.345 e. The van der Waals surface area contributed by atoms with Crippen LogP contribution < -0.4 is 10.6 Å². The summed E-state index contributed by atoms with van der Waals surface area (Å²) < 4.78 is 0. The van der Waals surface area contributed by atoms with Gasteiger partial charge in [-0.05, 0) is 19.1 Å². The molecule has 1 aromatic carbocycles. The van der Waals surface area contributed by atoms with Gasteiger partial charge in [-0.15, -0.1) is 0 Å². The van der Waals surface area contributed by atoms with Gasteiger partial charge in [0.25, 0.3) is 0 Å². The van der Waals surface area contributed by atoms with Crippen LogP contribution in [0, 0.1) is 6.92 Å². The summed E-state index contributed by atoms with van der Waals surface area (Å²) in [5.41, 5.74) is 1.98. The molecule has 1 heterocycles. The zero-order chi connectivity index (χ0) is 11.9. The molecule has 2 rings (SSSR count). The van der Waals surface area contributed by atoms with E-state index < -0.39 is 0 Å². The standard InChI is InChI=1S/C11H12ClN3O/c1-6-7-4-10(15(2)3)8(12)5-9(7)14-11(16)13-6/h4-5H,1-3H3,(H,13,14,16). The number of hydrogen-bond donors (Lipinski definition) is 1. The van der Waals surface area contributed by atoms with Crippen molar-refractivity contribution in [2.45, 2.75) is 6.92 Å². The number of fused-ring (bicyclic) bond motifs is 1. The molecule has 0 saturated carbocycles. The van der Waals surface area contributed by atoms with Gasteiger partial charge in [-0.1, -0.05) is 11.6 Å². The van der Waals surface area contributed by atoms with Gasteiger partial charge in [0.2, 0.25) is 0 Å². The average molecular weight is 238 g/mol. The molecule has 0 amide bonds. The number of nitrogens with one attached hydrogen (secondary N) is 1. The van der Waals surface area contributed by atoms with Gasteiger partial charge in [0.1, 0.15) is 0 Å². The van der Waals surface area contributed by atoms with Gasteiger partial charge in [0, 0.05) is 25.2 Å². The van der Waals surface area contributed by atoms with E-state index in [0.717, 1.165) is 16.8 Å². The first-order valence-electron chi connectivity index (χ1n) is 4.86. The van der Waals surface area contributed by atoms with E-state index in [1.165, 1.54) is 0 Å². The van der Waals surface area contributed by atoms with E-state index in [0.29, 0.717) is 10.5 Å². The van der Waals surface area contributed by atoms with E-state index in [2.05, 4.69) is 9.97 Å². The van der Waals surface area contributed by atoms with Gasteiger partial charge < -0.3 is 9.88 Å². The molecule has 0 spiro atoms. The van der Waals surface area contributed by atoms with E-state index in [4.69, 9.17) is 11.6 Å².